The van der Waals surface area contributed by atoms with Gasteiger partial charge >= 0.3 is 11.7 Å². The molecule has 0 aliphatic carbocycles. The first-order chi connectivity index (χ1) is 9.90. The molecule has 0 saturated heterocycles. The fourth-order valence-electron chi connectivity index (χ4n) is 1.74. The van der Waals surface area contributed by atoms with Crippen molar-refractivity contribution in [2.45, 2.75) is 26.7 Å². The number of nitrogens with zero attached hydrogens (tertiary/aromatic N) is 1. The highest BCUT2D eigenvalue weighted by molar-refractivity contribution is 5.85. The van der Waals surface area contributed by atoms with E-state index >= 15 is 0 Å². The van der Waals surface area contributed by atoms with Crippen LogP contribution in [0.4, 0.5) is 5.69 Å². The molecule has 1 rings (SSSR count). The first-order valence-electron chi connectivity index (χ1n) is 6.72. The molecule has 1 aromatic carbocycles. The van der Waals surface area contributed by atoms with Crippen LogP contribution in [0.2, 0.25) is 0 Å². The van der Waals surface area contributed by atoms with Crippen LogP contribution < -0.4 is 4.74 Å². The molecule has 0 aromatic heterocycles. The van der Waals surface area contributed by atoms with Crippen LogP contribution >= 0.6 is 0 Å². The summed E-state index contributed by atoms with van der Waals surface area (Å²) in [5.74, 6) is -0.338. The number of nitro benzene ring substituents is 1. The summed E-state index contributed by atoms with van der Waals surface area (Å²) >= 11 is 0. The predicted molar refractivity (Wildman–Crippen MR) is 79.3 cm³/mol. The van der Waals surface area contributed by atoms with Crippen LogP contribution in [0.15, 0.2) is 24.3 Å². The van der Waals surface area contributed by atoms with Crippen molar-refractivity contribution in [3.8, 4) is 5.75 Å². The Bertz CT molecular complexity index is 537. The lowest BCUT2D eigenvalue weighted by Gasteiger charge is -2.08. The van der Waals surface area contributed by atoms with Gasteiger partial charge in [0.25, 0.3) is 0 Å². The number of rotatable bonds is 8. The Morgan fingerprint density at radius 3 is 2.76 bits per heavy atom. The molecule has 0 unspecified atom stereocenters. The van der Waals surface area contributed by atoms with Gasteiger partial charge in [0.2, 0.25) is 0 Å². The molecule has 6 nitrogen and oxygen atoms in total. The van der Waals surface area contributed by atoms with Gasteiger partial charge in [-0.2, -0.15) is 0 Å². The second-order valence-corrected chi connectivity index (χ2v) is 5.04. The van der Waals surface area contributed by atoms with Crippen LogP contribution in [0, 0.1) is 16.0 Å². The van der Waals surface area contributed by atoms with Gasteiger partial charge in [-0.3, -0.25) is 10.1 Å². The van der Waals surface area contributed by atoms with E-state index in [2.05, 4.69) is 13.8 Å². The number of carboxylic acid groups (broad SMARTS) is 1. The Labute approximate surface area is 123 Å². The molecule has 1 aromatic rings. The van der Waals surface area contributed by atoms with Crippen molar-refractivity contribution in [2.75, 3.05) is 6.61 Å². The van der Waals surface area contributed by atoms with E-state index in [4.69, 9.17) is 9.84 Å². The Morgan fingerprint density at radius 1 is 1.48 bits per heavy atom. The second-order valence-electron chi connectivity index (χ2n) is 5.04. The number of aliphatic carboxylic acids is 1. The normalized spacial score (nSPS) is 11.0. The molecule has 6 heteroatoms. The zero-order valence-corrected chi connectivity index (χ0v) is 12.1. The number of hydrogen-bond donors (Lipinski definition) is 1. The zero-order valence-electron chi connectivity index (χ0n) is 12.1. The van der Waals surface area contributed by atoms with Crippen molar-refractivity contribution in [2.24, 2.45) is 5.92 Å². The van der Waals surface area contributed by atoms with Gasteiger partial charge in [-0.05, 0) is 36.5 Å². The summed E-state index contributed by atoms with van der Waals surface area (Å²) in [7, 11) is 0. The standard InChI is InChI=1S/C15H19NO5/c1-11(2)4-3-9-21-14-7-5-12(6-8-15(17)18)10-13(14)16(19)20/h5-8,10-11H,3-4,9H2,1-2H3,(H,17,18)/b8-6+. The van der Waals surface area contributed by atoms with E-state index in [0.717, 1.165) is 18.9 Å². The predicted octanol–water partition coefficient (Wildman–Crippen LogP) is 3.51. The highest BCUT2D eigenvalue weighted by atomic mass is 16.6. The number of hydrogen-bond acceptors (Lipinski definition) is 4. The molecule has 0 aliphatic heterocycles. The first kappa shape index (κ1) is 16.7. The van der Waals surface area contributed by atoms with E-state index in [1.165, 1.54) is 18.2 Å². The number of ether oxygens (including phenoxy) is 1. The zero-order chi connectivity index (χ0) is 15.8. The van der Waals surface area contributed by atoms with Gasteiger partial charge in [0.1, 0.15) is 0 Å². The quantitative estimate of drug-likeness (QED) is 0.343. The van der Waals surface area contributed by atoms with Gasteiger partial charge < -0.3 is 9.84 Å². The molecule has 0 amide bonds. The van der Waals surface area contributed by atoms with Crippen LogP contribution in [0.25, 0.3) is 6.08 Å². The highest BCUT2D eigenvalue weighted by Gasteiger charge is 2.15. The maximum Gasteiger partial charge on any atom is 0.328 e. The third kappa shape index (κ3) is 6.07. The van der Waals surface area contributed by atoms with Crippen LogP contribution in [-0.4, -0.2) is 22.6 Å². The number of carboxylic acids is 1. The molecule has 0 heterocycles. The van der Waals surface area contributed by atoms with Crippen LogP contribution in [0.3, 0.4) is 0 Å². The monoisotopic (exact) mass is 293 g/mol. The maximum absolute atomic E-state index is 11.0. The second kappa shape index (κ2) is 8.04. The highest BCUT2D eigenvalue weighted by Crippen LogP contribution is 2.28. The summed E-state index contributed by atoms with van der Waals surface area (Å²) in [5.41, 5.74) is 0.283. The van der Waals surface area contributed by atoms with Gasteiger partial charge in [-0.25, -0.2) is 4.79 Å². The summed E-state index contributed by atoms with van der Waals surface area (Å²) in [6.45, 7) is 4.63. The molecule has 0 saturated carbocycles. The minimum Gasteiger partial charge on any atom is -0.487 e. The Balaban J connectivity index is 2.80. The van der Waals surface area contributed by atoms with Crippen LogP contribution in [-0.2, 0) is 4.79 Å². The van der Waals surface area contributed by atoms with E-state index in [-0.39, 0.29) is 11.4 Å². The van der Waals surface area contributed by atoms with E-state index in [1.54, 1.807) is 6.07 Å². The topological polar surface area (TPSA) is 89.7 Å². The summed E-state index contributed by atoms with van der Waals surface area (Å²) in [4.78, 5) is 20.9. The lowest BCUT2D eigenvalue weighted by molar-refractivity contribution is -0.385. The van der Waals surface area contributed by atoms with Crippen molar-refractivity contribution in [1.29, 1.82) is 0 Å². The summed E-state index contributed by atoms with van der Waals surface area (Å²) < 4.78 is 5.45. The van der Waals surface area contributed by atoms with Gasteiger partial charge in [-0.15, -0.1) is 0 Å². The molecular weight excluding hydrogens is 274 g/mol. The lowest BCUT2D eigenvalue weighted by atomic mass is 10.1. The minimum atomic E-state index is -1.10. The number of carbonyl (C=O) groups is 1. The Morgan fingerprint density at radius 2 is 2.19 bits per heavy atom. The molecular formula is C15H19NO5. The molecule has 0 bridgehead atoms. The number of benzene rings is 1. The fourth-order valence-corrected chi connectivity index (χ4v) is 1.74. The van der Waals surface area contributed by atoms with Crippen LogP contribution in [0.1, 0.15) is 32.3 Å². The van der Waals surface area contributed by atoms with E-state index in [0.29, 0.717) is 18.1 Å². The van der Waals surface area contributed by atoms with E-state index in [9.17, 15) is 14.9 Å². The fraction of sp³-hybridized carbons (Fsp3) is 0.400. The largest absolute Gasteiger partial charge is 0.487 e. The van der Waals surface area contributed by atoms with Crippen molar-refractivity contribution in [3.05, 3.63) is 40.0 Å². The Kier molecular flexibility index (Phi) is 6.39. The summed E-state index contributed by atoms with van der Waals surface area (Å²) in [6.07, 6.45) is 4.06. The minimum absolute atomic E-state index is 0.160. The van der Waals surface area contributed by atoms with Crippen molar-refractivity contribution < 1.29 is 19.6 Å². The average Bonchev–Trinajstić information content (AvgIpc) is 2.41. The van der Waals surface area contributed by atoms with Gasteiger partial charge in [0.05, 0.1) is 11.5 Å². The third-order valence-corrected chi connectivity index (χ3v) is 2.78. The molecule has 0 spiro atoms. The van der Waals surface area contributed by atoms with E-state index in [1.807, 2.05) is 0 Å². The van der Waals surface area contributed by atoms with Gasteiger partial charge in [0, 0.05) is 12.1 Å². The third-order valence-electron chi connectivity index (χ3n) is 2.78. The summed E-state index contributed by atoms with van der Waals surface area (Å²) in [5, 5.41) is 19.6. The van der Waals surface area contributed by atoms with Gasteiger partial charge in [0.15, 0.2) is 5.75 Å². The molecule has 0 fully saturated rings. The molecule has 0 atom stereocenters. The molecule has 1 N–H and O–H groups in total. The Hall–Kier alpha value is -2.37. The molecule has 21 heavy (non-hydrogen) atoms. The van der Waals surface area contributed by atoms with Crippen LogP contribution in [0.5, 0.6) is 5.75 Å². The maximum atomic E-state index is 11.0. The average molecular weight is 293 g/mol. The molecule has 114 valence electrons. The van der Waals surface area contributed by atoms with Crippen molar-refractivity contribution >= 4 is 17.7 Å². The lowest BCUT2D eigenvalue weighted by Crippen LogP contribution is -2.02. The SMILES string of the molecule is CC(C)CCCOc1ccc(/C=C/C(=O)O)cc1[N+](=O)[O-]. The molecule has 0 aliphatic rings. The summed E-state index contributed by atoms with van der Waals surface area (Å²) in [6, 6.07) is 4.39. The molecule has 0 radical (unpaired) electrons. The number of nitro groups is 1. The smallest absolute Gasteiger partial charge is 0.328 e. The first-order valence-corrected chi connectivity index (χ1v) is 6.72. The van der Waals surface area contributed by atoms with Crippen molar-refractivity contribution in [1.82, 2.24) is 0 Å². The van der Waals surface area contributed by atoms with Crippen molar-refractivity contribution in [3.63, 3.8) is 0 Å². The van der Waals surface area contributed by atoms with Gasteiger partial charge in [-0.1, -0.05) is 19.9 Å². The van der Waals surface area contributed by atoms with E-state index < -0.39 is 10.9 Å².